The van der Waals surface area contributed by atoms with E-state index in [0.717, 1.165) is 22.0 Å². The molecule has 1 unspecified atom stereocenters. The van der Waals surface area contributed by atoms with Crippen molar-refractivity contribution in [1.29, 1.82) is 0 Å². The van der Waals surface area contributed by atoms with Gasteiger partial charge in [-0.05, 0) is 31.0 Å². The summed E-state index contributed by atoms with van der Waals surface area (Å²) in [5.41, 5.74) is 2.00. The highest BCUT2D eigenvalue weighted by Crippen LogP contribution is 2.29. The Balaban J connectivity index is 2.40. The minimum absolute atomic E-state index is 0.194. The van der Waals surface area contributed by atoms with Crippen molar-refractivity contribution in [3.8, 4) is 11.5 Å². The van der Waals surface area contributed by atoms with Crippen LogP contribution in [0.25, 0.3) is 11.5 Å². The molecule has 1 heterocycles. The maximum atomic E-state index is 6.07. The second-order valence-corrected chi connectivity index (χ2v) is 5.13. The molecule has 0 aliphatic rings. The molecule has 1 aromatic heterocycles. The minimum atomic E-state index is -0.194. The number of hydrogen-bond donors (Lipinski definition) is 0. The van der Waals surface area contributed by atoms with Crippen molar-refractivity contribution in [1.82, 2.24) is 10.1 Å². The third kappa shape index (κ3) is 2.53. The first kappa shape index (κ1) is 12.6. The molecule has 0 saturated heterocycles. The van der Waals surface area contributed by atoms with Crippen LogP contribution in [0.2, 0.25) is 0 Å². The smallest absolute Gasteiger partial charge is 0.258 e. The number of rotatable bonds is 3. The lowest BCUT2D eigenvalue weighted by atomic mass is 10.1. The predicted octanol–water partition coefficient (Wildman–Crippen LogP) is 4.50. The average molecular weight is 316 g/mol. The molecule has 2 aromatic rings. The van der Waals surface area contributed by atoms with Gasteiger partial charge in [0.05, 0.1) is 5.38 Å². The summed E-state index contributed by atoms with van der Waals surface area (Å²) < 4.78 is 6.26. The fraction of sp³-hybridized carbons (Fsp3) is 0.333. The van der Waals surface area contributed by atoms with Crippen LogP contribution in [0.3, 0.4) is 0 Å². The van der Waals surface area contributed by atoms with E-state index < -0.39 is 0 Å². The lowest BCUT2D eigenvalue weighted by Crippen LogP contribution is -1.91. The zero-order valence-electron chi connectivity index (χ0n) is 9.58. The zero-order chi connectivity index (χ0) is 12.4. The first-order valence-corrected chi connectivity index (χ1v) is 6.59. The van der Waals surface area contributed by atoms with Gasteiger partial charge in [-0.2, -0.15) is 4.98 Å². The van der Waals surface area contributed by atoms with Crippen LogP contribution >= 0.6 is 27.5 Å². The average Bonchev–Trinajstić information content (AvgIpc) is 2.81. The van der Waals surface area contributed by atoms with Gasteiger partial charge in [0, 0.05) is 10.0 Å². The Hall–Kier alpha value is -0.870. The normalized spacial score (nSPS) is 12.7. The number of benzene rings is 1. The van der Waals surface area contributed by atoms with E-state index in [1.807, 2.05) is 32.0 Å². The quantitative estimate of drug-likeness (QED) is 0.783. The van der Waals surface area contributed by atoms with Crippen LogP contribution in [0.4, 0.5) is 0 Å². The second kappa shape index (κ2) is 5.19. The van der Waals surface area contributed by atoms with E-state index in [1.165, 1.54) is 0 Å². The predicted molar refractivity (Wildman–Crippen MR) is 71.1 cm³/mol. The molecule has 0 aliphatic heterocycles. The zero-order valence-corrected chi connectivity index (χ0v) is 11.9. The number of halogens is 2. The van der Waals surface area contributed by atoms with E-state index in [2.05, 4.69) is 26.1 Å². The van der Waals surface area contributed by atoms with Crippen molar-refractivity contribution >= 4 is 27.5 Å². The van der Waals surface area contributed by atoms with Crippen LogP contribution in [0.15, 0.2) is 27.2 Å². The Labute approximate surface area is 113 Å². The highest BCUT2D eigenvalue weighted by molar-refractivity contribution is 9.10. The molecule has 0 radical (unpaired) electrons. The molecule has 17 heavy (non-hydrogen) atoms. The monoisotopic (exact) mass is 314 g/mol. The van der Waals surface area contributed by atoms with Crippen molar-refractivity contribution in [3.63, 3.8) is 0 Å². The number of hydrogen-bond acceptors (Lipinski definition) is 3. The molecule has 3 nitrogen and oxygen atoms in total. The molecule has 0 aliphatic carbocycles. The van der Waals surface area contributed by atoms with Crippen LogP contribution in [0, 0.1) is 6.92 Å². The topological polar surface area (TPSA) is 38.9 Å². The maximum Gasteiger partial charge on any atom is 0.258 e. The van der Waals surface area contributed by atoms with Gasteiger partial charge >= 0.3 is 0 Å². The Kier molecular flexibility index (Phi) is 3.84. The first-order valence-electron chi connectivity index (χ1n) is 5.36. The number of alkyl halides is 1. The number of aromatic nitrogens is 2. The van der Waals surface area contributed by atoms with Crippen LogP contribution in [0.5, 0.6) is 0 Å². The van der Waals surface area contributed by atoms with Gasteiger partial charge in [-0.1, -0.05) is 34.1 Å². The first-order chi connectivity index (χ1) is 8.13. The summed E-state index contributed by atoms with van der Waals surface area (Å²) >= 11 is 9.55. The van der Waals surface area contributed by atoms with Gasteiger partial charge in [0.15, 0.2) is 5.82 Å². The molecule has 0 spiro atoms. The third-order valence-corrected chi connectivity index (χ3v) is 3.94. The molecule has 2 rings (SSSR count). The molecule has 0 bridgehead atoms. The maximum absolute atomic E-state index is 6.07. The molecule has 1 atom stereocenters. The van der Waals surface area contributed by atoms with Gasteiger partial charge in [0.1, 0.15) is 0 Å². The molecular weight excluding hydrogens is 304 g/mol. The largest absolute Gasteiger partial charge is 0.334 e. The van der Waals surface area contributed by atoms with E-state index in [4.69, 9.17) is 16.1 Å². The van der Waals surface area contributed by atoms with E-state index in [1.54, 1.807) is 0 Å². The van der Waals surface area contributed by atoms with E-state index in [9.17, 15) is 0 Å². The lowest BCUT2D eigenvalue weighted by molar-refractivity contribution is 0.421. The van der Waals surface area contributed by atoms with E-state index in [-0.39, 0.29) is 5.38 Å². The summed E-state index contributed by atoms with van der Waals surface area (Å²) in [4.78, 5) is 4.32. The van der Waals surface area contributed by atoms with Crippen molar-refractivity contribution in [2.45, 2.75) is 25.6 Å². The molecular formula is C12H12BrClN2O. The Morgan fingerprint density at radius 1 is 1.47 bits per heavy atom. The van der Waals surface area contributed by atoms with Gasteiger partial charge in [-0.25, -0.2) is 0 Å². The van der Waals surface area contributed by atoms with Gasteiger partial charge in [-0.3, -0.25) is 0 Å². The van der Waals surface area contributed by atoms with Crippen LogP contribution in [-0.4, -0.2) is 10.1 Å². The third-order valence-electron chi connectivity index (χ3n) is 2.58. The van der Waals surface area contributed by atoms with Crippen molar-refractivity contribution in [3.05, 3.63) is 34.1 Å². The highest BCUT2D eigenvalue weighted by Gasteiger charge is 2.16. The van der Waals surface area contributed by atoms with E-state index in [0.29, 0.717) is 11.7 Å². The molecule has 1 aromatic carbocycles. The number of nitrogens with zero attached hydrogens (tertiary/aromatic N) is 2. The summed E-state index contributed by atoms with van der Waals surface area (Å²) in [6, 6.07) is 5.87. The van der Waals surface area contributed by atoms with E-state index >= 15 is 0 Å². The molecule has 0 amide bonds. The van der Waals surface area contributed by atoms with Gasteiger partial charge in [0.25, 0.3) is 5.89 Å². The summed E-state index contributed by atoms with van der Waals surface area (Å²) in [6.07, 6.45) is 0.776. The lowest BCUT2D eigenvalue weighted by Gasteiger charge is -2.02. The van der Waals surface area contributed by atoms with Crippen molar-refractivity contribution in [2.75, 3.05) is 0 Å². The molecule has 5 heteroatoms. The SMILES string of the molecule is CCC(Cl)c1noc(-c2cccc(Br)c2C)n1. The van der Waals surface area contributed by atoms with Crippen LogP contribution < -0.4 is 0 Å². The van der Waals surface area contributed by atoms with Crippen molar-refractivity contribution < 1.29 is 4.52 Å². The summed E-state index contributed by atoms with van der Waals surface area (Å²) in [5, 5.41) is 3.71. The summed E-state index contributed by atoms with van der Waals surface area (Å²) in [7, 11) is 0. The van der Waals surface area contributed by atoms with Gasteiger partial charge in [0.2, 0.25) is 0 Å². The Morgan fingerprint density at radius 2 is 2.24 bits per heavy atom. The van der Waals surface area contributed by atoms with Gasteiger partial charge < -0.3 is 4.52 Å². The van der Waals surface area contributed by atoms with Crippen LogP contribution in [0.1, 0.15) is 30.1 Å². The highest BCUT2D eigenvalue weighted by atomic mass is 79.9. The molecule has 0 fully saturated rings. The molecule has 0 N–H and O–H groups in total. The van der Waals surface area contributed by atoms with Crippen LogP contribution in [-0.2, 0) is 0 Å². The fourth-order valence-electron chi connectivity index (χ4n) is 1.49. The second-order valence-electron chi connectivity index (χ2n) is 3.75. The fourth-order valence-corrected chi connectivity index (χ4v) is 1.95. The Bertz CT molecular complexity index is 527. The standard InChI is InChI=1S/C12H12BrClN2O/c1-3-10(14)11-15-12(17-16-11)8-5-4-6-9(13)7(8)2/h4-6,10H,3H2,1-2H3. The van der Waals surface area contributed by atoms with Gasteiger partial charge in [-0.15, -0.1) is 11.6 Å². The summed E-state index contributed by atoms with van der Waals surface area (Å²) in [6.45, 7) is 3.99. The van der Waals surface area contributed by atoms with Crippen molar-refractivity contribution in [2.24, 2.45) is 0 Å². The molecule has 90 valence electrons. The Morgan fingerprint density at radius 3 is 2.94 bits per heavy atom. The minimum Gasteiger partial charge on any atom is -0.334 e. The molecule has 0 saturated carbocycles. The summed E-state index contributed by atoms with van der Waals surface area (Å²) in [5.74, 6) is 1.06.